The van der Waals surface area contributed by atoms with Crippen molar-refractivity contribution in [2.24, 2.45) is 0 Å². The highest BCUT2D eigenvalue weighted by Crippen LogP contribution is 2.35. The number of hydrogen-bond acceptors (Lipinski definition) is 3. The van der Waals surface area contributed by atoms with Crippen LogP contribution in [0.4, 0.5) is 0 Å². The van der Waals surface area contributed by atoms with Gasteiger partial charge in [-0.2, -0.15) is 0 Å². The first-order chi connectivity index (χ1) is 9.65. The molecule has 0 spiro atoms. The zero-order chi connectivity index (χ0) is 13.9. The van der Waals surface area contributed by atoms with Gasteiger partial charge >= 0.3 is 0 Å². The Morgan fingerprint density at radius 1 is 1.20 bits per heavy atom. The third-order valence-electron chi connectivity index (χ3n) is 3.75. The van der Waals surface area contributed by atoms with Gasteiger partial charge in [-0.15, -0.1) is 5.10 Å². The molecule has 0 unspecified atom stereocenters. The Hall–Kier alpha value is -1.95. The van der Waals surface area contributed by atoms with Crippen LogP contribution in [0.25, 0.3) is 16.9 Å². The monoisotopic (exact) mass is 329 g/mol. The van der Waals surface area contributed by atoms with Crippen molar-refractivity contribution >= 4 is 15.9 Å². The summed E-state index contributed by atoms with van der Waals surface area (Å²) in [6, 6.07) is 6.26. The summed E-state index contributed by atoms with van der Waals surface area (Å²) in [6.45, 7) is 4.71. The molecule has 0 amide bonds. The van der Waals surface area contributed by atoms with Gasteiger partial charge in [-0.05, 0) is 32.0 Å². The third-order valence-corrected chi connectivity index (χ3v) is 4.24. The number of fused-ring (bicyclic) bond motifs is 5. The lowest BCUT2D eigenvalue weighted by atomic mass is 10.1. The van der Waals surface area contributed by atoms with Crippen LogP contribution in [0.15, 0.2) is 29.0 Å². The Balaban J connectivity index is 2.14. The molecule has 0 bridgehead atoms. The minimum atomic E-state index is 0.689. The molecule has 100 valence electrons. The number of aryl methyl sites for hydroxylation is 2. The number of nitrogens with zero attached hydrogens (tertiary/aromatic N) is 5. The summed E-state index contributed by atoms with van der Waals surface area (Å²) in [7, 11) is 0. The molecule has 3 aromatic rings. The molecule has 0 fully saturated rings. The van der Waals surface area contributed by atoms with E-state index in [2.05, 4.69) is 47.9 Å². The van der Waals surface area contributed by atoms with Crippen LogP contribution in [-0.4, -0.2) is 24.5 Å². The largest absolute Gasteiger partial charge is 0.300 e. The molecule has 1 aliphatic heterocycles. The quantitative estimate of drug-likeness (QED) is 0.498. The van der Waals surface area contributed by atoms with Crippen LogP contribution in [-0.2, 0) is 6.54 Å². The maximum atomic E-state index is 4.43. The lowest BCUT2D eigenvalue weighted by Crippen LogP contribution is -2.05. The number of rotatable bonds is 0. The number of halogens is 1. The minimum Gasteiger partial charge on any atom is -0.300 e. The van der Waals surface area contributed by atoms with E-state index in [9.17, 15) is 0 Å². The van der Waals surface area contributed by atoms with Gasteiger partial charge in [-0.25, -0.2) is 9.67 Å². The lowest BCUT2D eigenvalue weighted by Gasteiger charge is -2.09. The highest BCUT2D eigenvalue weighted by Gasteiger charge is 2.23. The molecule has 0 radical (unpaired) electrons. The molecule has 0 saturated heterocycles. The van der Waals surface area contributed by atoms with Crippen LogP contribution >= 0.6 is 15.9 Å². The maximum Gasteiger partial charge on any atom is 0.0998 e. The Morgan fingerprint density at radius 3 is 2.90 bits per heavy atom. The molecule has 1 aliphatic rings. The Morgan fingerprint density at radius 2 is 2.05 bits per heavy atom. The summed E-state index contributed by atoms with van der Waals surface area (Å²) in [4.78, 5) is 4.43. The van der Waals surface area contributed by atoms with Gasteiger partial charge in [0, 0.05) is 10.0 Å². The van der Waals surface area contributed by atoms with Crippen LogP contribution < -0.4 is 0 Å². The molecule has 20 heavy (non-hydrogen) atoms. The van der Waals surface area contributed by atoms with Crippen molar-refractivity contribution in [1.82, 2.24) is 24.5 Å². The smallest absolute Gasteiger partial charge is 0.0998 e. The fraction of sp³-hybridized carbons (Fsp3) is 0.214. The molecule has 4 rings (SSSR count). The molecule has 0 atom stereocenters. The van der Waals surface area contributed by atoms with Gasteiger partial charge in [0.05, 0.1) is 41.3 Å². The summed E-state index contributed by atoms with van der Waals surface area (Å²) in [5.41, 5.74) is 6.44. The van der Waals surface area contributed by atoms with E-state index in [4.69, 9.17) is 0 Å². The zero-order valence-corrected chi connectivity index (χ0v) is 12.7. The second-order valence-corrected chi connectivity index (χ2v) is 5.90. The molecule has 5 nitrogen and oxygen atoms in total. The maximum absolute atomic E-state index is 4.43. The molecule has 0 aliphatic carbocycles. The van der Waals surface area contributed by atoms with Crippen molar-refractivity contribution in [1.29, 1.82) is 0 Å². The van der Waals surface area contributed by atoms with Crippen LogP contribution in [0, 0.1) is 13.8 Å². The van der Waals surface area contributed by atoms with Crippen LogP contribution in [0.5, 0.6) is 0 Å². The Kier molecular flexibility index (Phi) is 2.38. The van der Waals surface area contributed by atoms with E-state index in [1.54, 1.807) is 0 Å². The highest BCUT2D eigenvalue weighted by atomic mass is 79.9. The van der Waals surface area contributed by atoms with Gasteiger partial charge in [-0.3, -0.25) is 0 Å². The molecule has 3 heterocycles. The molecule has 0 saturated carbocycles. The van der Waals surface area contributed by atoms with E-state index in [1.165, 1.54) is 0 Å². The molecule has 2 aromatic heterocycles. The van der Waals surface area contributed by atoms with Crippen molar-refractivity contribution in [3.05, 3.63) is 46.1 Å². The SMILES string of the molecule is Cc1ncn2c1Cn1nnc(C)c1-c1cc(Br)ccc1-2. The summed E-state index contributed by atoms with van der Waals surface area (Å²) < 4.78 is 5.14. The van der Waals surface area contributed by atoms with Crippen LogP contribution in [0.3, 0.4) is 0 Å². The first-order valence-corrected chi connectivity index (χ1v) is 7.17. The van der Waals surface area contributed by atoms with Gasteiger partial charge < -0.3 is 4.57 Å². The van der Waals surface area contributed by atoms with E-state index in [1.807, 2.05) is 30.9 Å². The Labute approximate surface area is 124 Å². The van der Waals surface area contributed by atoms with Crippen molar-refractivity contribution in [2.45, 2.75) is 20.4 Å². The normalized spacial score (nSPS) is 12.6. The van der Waals surface area contributed by atoms with Gasteiger partial charge in [-0.1, -0.05) is 21.1 Å². The Bertz CT molecular complexity index is 830. The first-order valence-electron chi connectivity index (χ1n) is 6.38. The van der Waals surface area contributed by atoms with E-state index in [0.29, 0.717) is 6.54 Å². The second-order valence-electron chi connectivity index (χ2n) is 4.99. The van der Waals surface area contributed by atoms with Crippen molar-refractivity contribution < 1.29 is 0 Å². The minimum absolute atomic E-state index is 0.689. The average molecular weight is 330 g/mol. The summed E-state index contributed by atoms with van der Waals surface area (Å²) >= 11 is 3.55. The predicted octanol–water partition coefficient (Wildman–Crippen LogP) is 2.87. The van der Waals surface area contributed by atoms with E-state index in [0.717, 1.165) is 38.5 Å². The van der Waals surface area contributed by atoms with E-state index < -0.39 is 0 Å². The summed E-state index contributed by atoms with van der Waals surface area (Å²) in [5, 5.41) is 8.50. The number of hydrogen-bond donors (Lipinski definition) is 0. The number of aromatic nitrogens is 5. The van der Waals surface area contributed by atoms with Gasteiger partial charge in [0.25, 0.3) is 0 Å². The van der Waals surface area contributed by atoms with Crippen molar-refractivity contribution in [3.63, 3.8) is 0 Å². The summed E-state index contributed by atoms with van der Waals surface area (Å²) in [5.74, 6) is 0. The molecular formula is C14H12BrN5. The van der Waals surface area contributed by atoms with E-state index in [-0.39, 0.29) is 0 Å². The van der Waals surface area contributed by atoms with Gasteiger partial charge in [0.15, 0.2) is 0 Å². The second kappa shape index (κ2) is 4.02. The fourth-order valence-electron chi connectivity index (χ4n) is 2.76. The fourth-order valence-corrected chi connectivity index (χ4v) is 3.12. The van der Waals surface area contributed by atoms with Crippen molar-refractivity contribution in [3.8, 4) is 16.9 Å². The number of benzene rings is 1. The molecule has 6 heteroatoms. The average Bonchev–Trinajstić information content (AvgIpc) is 2.91. The third kappa shape index (κ3) is 1.51. The molecule has 1 aromatic carbocycles. The topological polar surface area (TPSA) is 48.5 Å². The van der Waals surface area contributed by atoms with E-state index >= 15 is 0 Å². The first kappa shape index (κ1) is 11.8. The van der Waals surface area contributed by atoms with Gasteiger partial charge in [0.2, 0.25) is 0 Å². The summed E-state index contributed by atoms with van der Waals surface area (Å²) in [6.07, 6.45) is 1.88. The predicted molar refractivity (Wildman–Crippen MR) is 78.9 cm³/mol. The highest BCUT2D eigenvalue weighted by molar-refractivity contribution is 9.10. The van der Waals surface area contributed by atoms with Crippen LogP contribution in [0.1, 0.15) is 17.1 Å². The van der Waals surface area contributed by atoms with Crippen LogP contribution in [0.2, 0.25) is 0 Å². The van der Waals surface area contributed by atoms with Crippen molar-refractivity contribution in [2.75, 3.05) is 0 Å². The number of imidazole rings is 1. The van der Waals surface area contributed by atoms with Gasteiger partial charge in [0.1, 0.15) is 0 Å². The molecular weight excluding hydrogens is 318 g/mol. The zero-order valence-electron chi connectivity index (χ0n) is 11.1. The lowest BCUT2D eigenvalue weighted by molar-refractivity contribution is 0.640. The standard InChI is InChI=1S/C14H12BrN5/c1-8-13-6-20-14(9(2)17-18-20)11-5-10(15)3-4-12(11)19(13)7-16-8/h3-5,7H,6H2,1-2H3. The molecule has 0 N–H and O–H groups in total.